The number of benzene rings is 2. The first-order chi connectivity index (χ1) is 10.7. The highest BCUT2D eigenvalue weighted by Crippen LogP contribution is 2.16. The van der Waals surface area contributed by atoms with Crippen molar-refractivity contribution in [2.24, 2.45) is 0 Å². The Morgan fingerprint density at radius 3 is 2.64 bits per heavy atom. The minimum Gasteiger partial charge on any atom is -0.421 e. The Balaban J connectivity index is 1.69. The quantitative estimate of drug-likeness (QED) is 0.625. The van der Waals surface area contributed by atoms with Crippen LogP contribution >= 0.6 is 27.5 Å². The molecule has 3 rings (SSSR count). The summed E-state index contributed by atoms with van der Waals surface area (Å²) in [6.45, 7) is 0. The van der Waals surface area contributed by atoms with Gasteiger partial charge in [-0.15, -0.1) is 10.2 Å². The standard InChI is InChI=1S/C17H12BrClN2O/c18-14-7-4-13(5-8-14)11-17-21-20-16(22-17)9-6-12-2-1-3-15(19)10-12/h1-10H,11H2/b9-6+. The molecule has 0 radical (unpaired) electrons. The molecule has 110 valence electrons. The molecule has 0 N–H and O–H groups in total. The summed E-state index contributed by atoms with van der Waals surface area (Å²) in [5, 5.41) is 8.78. The topological polar surface area (TPSA) is 38.9 Å². The Morgan fingerprint density at radius 2 is 1.86 bits per heavy atom. The molecule has 3 aromatic rings. The zero-order valence-electron chi connectivity index (χ0n) is 11.5. The largest absolute Gasteiger partial charge is 0.421 e. The van der Waals surface area contributed by atoms with E-state index < -0.39 is 0 Å². The minimum absolute atomic E-state index is 0.479. The van der Waals surface area contributed by atoms with Crippen molar-refractivity contribution in [3.8, 4) is 0 Å². The normalized spacial score (nSPS) is 11.2. The van der Waals surface area contributed by atoms with Crippen molar-refractivity contribution in [1.82, 2.24) is 10.2 Å². The summed E-state index contributed by atoms with van der Waals surface area (Å²) >= 11 is 9.36. The first kappa shape index (κ1) is 15.0. The maximum Gasteiger partial charge on any atom is 0.240 e. The summed E-state index contributed by atoms with van der Waals surface area (Å²) in [4.78, 5) is 0. The first-order valence-corrected chi connectivity index (χ1v) is 7.86. The van der Waals surface area contributed by atoms with Gasteiger partial charge in [-0.25, -0.2) is 0 Å². The van der Waals surface area contributed by atoms with Crippen LogP contribution in [0, 0.1) is 0 Å². The molecule has 22 heavy (non-hydrogen) atoms. The van der Waals surface area contributed by atoms with E-state index in [2.05, 4.69) is 26.1 Å². The summed E-state index contributed by atoms with van der Waals surface area (Å²) in [6.07, 6.45) is 4.29. The fraction of sp³-hybridized carbons (Fsp3) is 0.0588. The number of aromatic nitrogens is 2. The lowest BCUT2D eigenvalue weighted by Crippen LogP contribution is -1.87. The molecule has 0 unspecified atom stereocenters. The van der Waals surface area contributed by atoms with Gasteiger partial charge >= 0.3 is 0 Å². The van der Waals surface area contributed by atoms with E-state index in [4.69, 9.17) is 16.0 Å². The molecule has 1 heterocycles. The van der Waals surface area contributed by atoms with Crippen LogP contribution in [0.4, 0.5) is 0 Å². The van der Waals surface area contributed by atoms with Crippen LogP contribution in [0.1, 0.15) is 22.9 Å². The third-order valence-corrected chi connectivity index (χ3v) is 3.78. The van der Waals surface area contributed by atoms with Gasteiger partial charge in [0.1, 0.15) is 0 Å². The molecule has 0 saturated carbocycles. The van der Waals surface area contributed by atoms with Crippen LogP contribution in [-0.4, -0.2) is 10.2 Å². The van der Waals surface area contributed by atoms with Gasteiger partial charge in [0.25, 0.3) is 0 Å². The lowest BCUT2D eigenvalue weighted by atomic mass is 10.1. The van der Waals surface area contributed by atoms with Crippen molar-refractivity contribution in [3.63, 3.8) is 0 Å². The van der Waals surface area contributed by atoms with Gasteiger partial charge in [0.05, 0.1) is 6.42 Å². The summed E-state index contributed by atoms with van der Waals surface area (Å²) in [6, 6.07) is 15.6. The van der Waals surface area contributed by atoms with E-state index in [1.54, 1.807) is 6.08 Å². The van der Waals surface area contributed by atoms with Gasteiger partial charge in [0.15, 0.2) is 0 Å². The average Bonchev–Trinajstić information content (AvgIpc) is 2.95. The smallest absolute Gasteiger partial charge is 0.240 e. The molecule has 0 spiro atoms. The fourth-order valence-corrected chi connectivity index (χ4v) is 2.42. The SMILES string of the molecule is Clc1cccc(/C=C/c2nnc(Cc3ccc(Br)cc3)o2)c1. The summed E-state index contributed by atoms with van der Waals surface area (Å²) in [5.41, 5.74) is 2.11. The van der Waals surface area contributed by atoms with Crippen molar-refractivity contribution < 1.29 is 4.42 Å². The van der Waals surface area contributed by atoms with Crippen molar-refractivity contribution in [3.05, 3.63) is 80.9 Å². The molecule has 0 aliphatic carbocycles. The maximum absolute atomic E-state index is 5.94. The minimum atomic E-state index is 0.479. The van der Waals surface area contributed by atoms with E-state index in [1.165, 1.54) is 0 Å². The molecular formula is C17H12BrClN2O. The van der Waals surface area contributed by atoms with Crippen molar-refractivity contribution in [2.75, 3.05) is 0 Å². The third-order valence-electron chi connectivity index (χ3n) is 3.02. The number of nitrogens with zero attached hydrogens (tertiary/aromatic N) is 2. The Morgan fingerprint density at radius 1 is 1.05 bits per heavy atom. The maximum atomic E-state index is 5.94. The highest BCUT2D eigenvalue weighted by atomic mass is 79.9. The number of halogens is 2. The van der Waals surface area contributed by atoms with Crippen LogP contribution in [0.25, 0.3) is 12.2 Å². The predicted octanol–water partition coefficient (Wildman–Crippen LogP) is 5.25. The predicted molar refractivity (Wildman–Crippen MR) is 91.6 cm³/mol. The van der Waals surface area contributed by atoms with E-state index >= 15 is 0 Å². The Kier molecular flexibility index (Phi) is 4.71. The lowest BCUT2D eigenvalue weighted by Gasteiger charge is -1.96. The zero-order valence-corrected chi connectivity index (χ0v) is 13.9. The van der Waals surface area contributed by atoms with Gasteiger partial charge in [0.2, 0.25) is 11.8 Å². The zero-order chi connectivity index (χ0) is 15.4. The van der Waals surface area contributed by atoms with Crippen LogP contribution in [0.5, 0.6) is 0 Å². The molecule has 0 aliphatic rings. The molecule has 3 nitrogen and oxygen atoms in total. The van der Waals surface area contributed by atoms with E-state index in [1.807, 2.05) is 54.6 Å². The van der Waals surface area contributed by atoms with Gasteiger partial charge in [0, 0.05) is 15.6 Å². The molecule has 0 atom stereocenters. The summed E-state index contributed by atoms with van der Waals surface area (Å²) < 4.78 is 6.66. The van der Waals surface area contributed by atoms with Crippen LogP contribution in [0.3, 0.4) is 0 Å². The second-order valence-corrected chi connectivity index (χ2v) is 6.08. The lowest BCUT2D eigenvalue weighted by molar-refractivity contribution is 0.496. The van der Waals surface area contributed by atoms with Crippen LogP contribution in [0.2, 0.25) is 5.02 Å². The van der Waals surface area contributed by atoms with Gasteiger partial charge in [-0.3, -0.25) is 0 Å². The van der Waals surface area contributed by atoms with Crippen LogP contribution < -0.4 is 0 Å². The first-order valence-electron chi connectivity index (χ1n) is 6.69. The molecule has 0 saturated heterocycles. The van der Waals surface area contributed by atoms with Gasteiger partial charge in [-0.2, -0.15) is 0 Å². The Bertz CT molecular complexity index is 796. The summed E-state index contributed by atoms with van der Waals surface area (Å²) in [7, 11) is 0. The second kappa shape index (κ2) is 6.90. The van der Waals surface area contributed by atoms with E-state index in [-0.39, 0.29) is 0 Å². The molecule has 2 aromatic carbocycles. The average molecular weight is 376 g/mol. The molecule has 0 bridgehead atoms. The van der Waals surface area contributed by atoms with Gasteiger partial charge in [-0.05, 0) is 41.5 Å². The number of hydrogen-bond donors (Lipinski definition) is 0. The van der Waals surface area contributed by atoms with E-state index in [0.717, 1.165) is 15.6 Å². The Labute approximate surface area is 141 Å². The molecule has 0 aliphatic heterocycles. The molecule has 5 heteroatoms. The highest BCUT2D eigenvalue weighted by Gasteiger charge is 2.05. The number of hydrogen-bond acceptors (Lipinski definition) is 3. The van der Waals surface area contributed by atoms with Gasteiger partial charge in [-0.1, -0.05) is 51.8 Å². The van der Waals surface area contributed by atoms with Crippen molar-refractivity contribution in [1.29, 1.82) is 0 Å². The molecule has 0 amide bonds. The molecular weight excluding hydrogens is 364 g/mol. The fourth-order valence-electron chi connectivity index (χ4n) is 1.96. The van der Waals surface area contributed by atoms with Crippen LogP contribution in [0.15, 0.2) is 57.4 Å². The monoisotopic (exact) mass is 374 g/mol. The van der Waals surface area contributed by atoms with Crippen molar-refractivity contribution in [2.45, 2.75) is 6.42 Å². The van der Waals surface area contributed by atoms with Crippen molar-refractivity contribution >= 4 is 39.7 Å². The highest BCUT2D eigenvalue weighted by molar-refractivity contribution is 9.10. The molecule has 1 aromatic heterocycles. The summed E-state index contributed by atoms with van der Waals surface area (Å²) in [5.74, 6) is 1.07. The molecule has 0 fully saturated rings. The van der Waals surface area contributed by atoms with Crippen LogP contribution in [-0.2, 0) is 6.42 Å². The second-order valence-electron chi connectivity index (χ2n) is 4.73. The van der Waals surface area contributed by atoms with E-state index in [0.29, 0.717) is 23.2 Å². The van der Waals surface area contributed by atoms with Gasteiger partial charge < -0.3 is 4.42 Å². The Hall–Kier alpha value is -1.91. The third kappa shape index (κ3) is 4.06. The number of rotatable bonds is 4. The van der Waals surface area contributed by atoms with E-state index in [9.17, 15) is 0 Å².